The highest BCUT2D eigenvalue weighted by Crippen LogP contribution is 2.32. The molecule has 2 aromatic heterocycles. The van der Waals surface area contributed by atoms with Crippen molar-refractivity contribution in [1.82, 2.24) is 14.9 Å². The van der Waals surface area contributed by atoms with Gasteiger partial charge >= 0.3 is 6.18 Å². The van der Waals surface area contributed by atoms with Crippen molar-refractivity contribution in [3.63, 3.8) is 0 Å². The minimum absolute atomic E-state index is 0.00730. The number of pyridine rings is 1. The number of aromatic amines is 1. The highest BCUT2D eigenvalue weighted by Gasteiger charge is 2.33. The number of ether oxygens (including phenoxy) is 2. The first-order valence-electron chi connectivity index (χ1n) is 10.4. The van der Waals surface area contributed by atoms with Gasteiger partial charge in [-0.15, -0.1) is 0 Å². The summed E-state index contributed by atoms with van der Waals surface area (Å²) in [6, 6.07) is 11.0. The van der Waals surface area contributed by atoms with Gasteiger partial charge in [-0.05, 0) is 55.3 Å². The topological polar surface area (TPSA) is 67.5 Å². The van der Waals surface area contributed by atoms with Crippen LogP contribution >= 0.6 is 0 Å². The van der Waals surface area contributed by atoms with Gasteiger partial charge in [-0.25, -0.2) is 4.98 Å². The number of methoxy groups -OCH3 is 1. The average molecular weight is 447 g/mol. The third-order valence-electron chi connectivity index (χ3n) is 5.59. The fourth-order valence-electron chi connectivity index (χ4n) is 3.94. The zero-order chi connectivity index (χ0) is 22.7. The van der Waals surface area contributed by atoms with Crippen LogP contribution < -0.4 is 4.74 Å². The maximum Gasteiger partial charge on any atom is 0.433 e. The summed E-state index contributed by atoms with van der Waals surface area (Å²) >= 11 is 0. The maximum absolute atomic E-state index is 13.0. The van der Waals surface area contributed by atoms with E-state index in [2.05, 4.69) is 9.97 Å². The van der Waals surface area contributed by atoms with E-state index >= 15 is 0 Å². The van der Waals surface area contributed by atoms with Crippen molar-refractivity contribution in [2.24, 2.45) is 0 Å². The maximum atomic E-state index is 13.0. The molecule has 0 spiro atoms. The molecule has 9 heteroatoms. The van der Waals surface area contributed by atoms with E-state index in [0.29, 0.717) is 43.1 Å². The number of H-pyrrole nitrogens is 1. The van der Waals surface area contributed by atoms with Gasteiger partial charge in [-0.1, -0.05) is 0 Å². The molecular weight excluding hydrogens is 423 g/mol. The number of carbonyl (C=O) groups is 1. The van der Waals surface area contributed by atoms with E-state index in [9.17, 15) is 18.0 Å². The van der Waals surface area contributed by atoms with Gasteiger partial charge in [0.25, 0.3) is 5.91 Å². The smallest absolute Gasteiger partial charge is 0.433 e. The van der Waals surface area contributed by atoms with Gasteiger partial charge in [0.2, 0.25) is 0 Å². The van der Waals surface area contributed by atoms with Crippen LogP contribution in [0, 0.1) is 0 Å². The number of carbonyl (C=O) groups excluding carboxylic acids is 1. The Morgan fingerprint density at radius 2 is 1.97 bits per heavy atom. The van der Waals surface area contributed by atoms with Gasteiger partial charge in [0.15, 0.2) is 0 Å². The Bertz CT molecular complexity index is 1080. The minimum atomic E-state index is -4.48. The summed E-state index contributed by atoms with van der Waals surface area (Å²) in [5.41, 5.74) is 1.29. The van der Waals surface area contributed by atoms with Gasteiger partial charge in [0, 0.05) is 37.4 Å². The molecule has 1 N–H and O–H groups in total. The summed E-state index contributed by atoms with van der Waals surface area (Å²) in [6.45, 7) is 2.04. The molecule has 1 aliphatic rings. The zero-order valence-corrected chi connectivity index (χ0v) is 17.6. The predicted octanol–water partition coefficient (Wildman–Crippen LogP) is 4.63. The lowest BCUT2D eigenvalue weighted by atomic mass is 9.94. The minimum Gasteiger partial charge on any atom is -0.491 e. The van der Waals surface area contributed by atoms with Crippen LogP contribution in [-0.2, 0) is 10.9 Å². The Morgan fingerprint density at radius 3 is 2.69 bits per heavy atom. The highest BCUT2D eigenvalue weighted by molar-refractivity contribution is 5.94. The fourth-order valence-corrected chi connectivity index (χ4v) is 3.94. The van der Waals surface area contributed by atoms with Crippen LogP contribution in [0.25, 0.3) is 11.0 Å². The van der Waals surface area contributed by atoms with Gasteiger partial charge in [-0.2, -0.15) is 13.2 Å². The number of hydrogen-bond donors (Lipinski definition) is 1. The second kappa shape index (κ2) is 9.20. The molecule has 1 fully saturated rings. The van der Waals surface area contributed by atoms with Crippen LogP contribution in [0.5, 0.6) is 5.75 Å². The highest BCUT2D eigenvalue weighted by atomic mass is 19.4. The summed E-state index contributed by atoms with van der Waals surface area (Å²) in [5.74, 6) is 0.596. The molecule has 32 heavy (non-hydrogen) atoms. The lowest BCUT2D eigenvalue weighted by molar-refractivity contribution is -0.140. The van der Waals surface area contributed by atoms with E-state index in [4.69, 9.17) is 9.47 Å². The lowest BCUT2D eigenvalue weighted by Crippen LogP contribution is -2.39. The van der Waals surface area contributed by atoms with Crippen molar-refractivity contribution in [2.75, 3.05) is 33.4 Å². The normalized spacial score (nSPS) is 17.0. The number of rotatable bonds is 6. The summed E-state index contributed by atoms with van der Waals surface area (Å²) < 4.78 is 49.3. The second-order valence-corrected chi connectivity index (χ2v) is 7.81. The first kappa shape index (κ1) is 22.1. The van der Waals surface area contributed by atoms with E-state index in [-0.39, 0.29) is 17.3 Å². The van der Waals surface area contributed by atoms with Gasteiger partial charge in [-0.3, -0.25) is 4.79 Å². The SMILES string of the molecule is COCCOc1ccc(C(=O)N2CCC[C@@H](c3cc4nc(C(F)(F)F)ccc4[nH]3)C2)cc1. The number of hydrogen-bond acceptors (Lipinski definition) is 4. The number of fused-ring (bicyclic) bond motifs is 1. The van der Waals surface area contributed by atoms with Gasteiger partial charge < -0.3 is 19.4 Å². The Hall–Kier alpha value is -3.07. The van der Waals surface area contributed by atoms with Crippen molar-refractivity contribution in [2.45, 2.75) is 24.9 Å². The van der Waals surface area contributed by atoms with Crippen LogP contribution in [0.1, 0.15) is 40.5 Å². The van der Waals surface area contributed by atoms with E-state index in [1.54, 1.807) is 42.3 Å². The number of likely N-dealkylation sites (tertiary alicyclic amines) is 1. The number of nitrogens with zero attached hydrogens (tertiary/aromatic N) is 2. The van der Waals surface area contributed by atoms with E-state index in [0.717, 1.165) is 24.6 Å². The zero-order valence-electron chi connectivity index (χ0n) is 17.6. The van der Waals surface area contributed by atoms with Crippen molar-refractivity contribution in [1.29, 1.82) is 0 Å². The molecule has 0 aliphatic carbocycles. The van der Waals surface area contributed by atoms with Gasteiger partial charge in [0.05, 0.1) is 17.6 Å². The molecule has 170 valence electrons. The molecule has 1 atom stereocenters. The molecule has 3 aromatic rings. The van der Waals surface area contributed by atoms with Crippen LogP contribution in [0.4, 0.5) is 13.2 Å². The van der Waals surface area contributed by atoms with Crippen molar-refractivity contribution in [3.8, 4) is 5.75 Å². The molecule has 1 amide bonds. The standard InChI is InChI=1S/C23H24F3N3O3/c1-31-11-12-32-17-6-4-15(5-7-17)22(30)29-10-2-3-16(14-29)19-13-20-18(27-19)8-9-21(28-20)23(24,25)26/h4-9,13,16,27H,2-3,10-12,14H2,1H3/t16-/m1/s1. The number of alkyl halides is 3. The Morgan fingerprint density at radius 1 is 1.19 bits per heavy atom. The number of benzene rings is 1. The molecule has 0 unspecified atom stereocenters. The number of halogens is 3. The largest absolute Gasteiger partial charge is 0.491 e. The summed E-state index contributed by atoms with van der Waals surface area (Å²) in [5, 5.41) is 0. The quantitative estimate of drug-likeness (QED) is 0.560. The molecule has 6 nitrogen and oxygen atoms in total. The van der Waals surface area contributed by atoms with Crippen LogP contribution in [-0.4, -0.2) is 54.2 Å². The molecule has 1 saturated heterocycles. The van der Waals surface area contributed by atoms with Crippen molar-refractivity contribution < 1.29 is 27.4 Å². The third kappa shape index (κ3) is 4.88. The van der Waals surface area contributed by atoms with E-state index in [1.165, 1.54) is 6.07 Å². The van der Waals surface area contributed by atoms with E-state index < -0.39 is 11.9 Å². The lowest BCUT2D eigenvalue weighted by Gasteiger charge is -2.32. The monoisotopic (exact) mass is 447 g/mol. The molecule has 3 heterocycles. The predicted molar refractivity (Wildman–Crippen MR) is 113 cm³/mol. The number of piperidine rings is 1. The average Bonchev–Trinajstić information content (AvgIpc) is 3.22. The van der Waals surface area contributed by atoms with Crippen LogP contribution in [0.3, 0.4) is 0 Å². The molecule has 4 rings (SSSR count). The molecule has 0 bridgehead atoms. The van der Waals surface area contributed by atoms with Crippen LogP contribution in [0.2, 0.25) is 0 Å². The fraction of sp³-hybridized carbons (Fsp3) is 0.391. The third-order valence-corrected chi connectivity index (χ3v) is 5.59. The second-order valence-electron chi connectivity index (χ2n) is 7.81. The first-order valence-corrected chi connectivity index (χ1v) is 10.4. The Kier molecular flexibility index (Phi) is 6.36. The molecule has 1 aliphatic heterocycles. The molecule has 0 radical (unpaired) electrons. The summed E-state index contributed by atoms with van der Waals surface area (Å²) in [7, 11) is 1.60. The molecular formula is C23H24F3N3O3. The summed E-state index contributed by atoms with van der Waals surface area (Å²) in [4.78, 5) is 21.7. The number of aromatic nitrogens is 2. The number of amides is 1. The van der Waals surface area contributed by atoms with Crippen LogP contribution in [0.15, 0.2) is 42.5 Å². The van der Waals surface area contributed by atoms with Crippen molar-refractivity contribution >= 4 is 16.9 Å². The summed E-state index contributed by atoms with van der Waals surface area (Å²) in [6.07, 6.45) is -2.83. The van der Waals surface area contributed by atoms with Crippen molar-refractivity contribution in [3.05, 3.63) is 59.4 Å². The Balaban J connectivity index is 1.45. The molecule has 0 saturated carbocycles. The number of nitrogens with one attached hydrogen (secondary N) is 1. The molecule has 1 aromatic carbocycles. The first-order chi connectivity index (χ1) is 15.3. The Labute approximate surface area is 183 Å². The van der Waals surface area contributed by atoms with Gasteiger partial charge in [0.1, 0.15) is 18.1 Å². The van der Waals surface area contributed by atoms with E-state index in [1.807, 2.05) is 0 Å².